The van der Waals surface area contributed by atoms with Crippen LogP contribution in [-0.2, 0) is 4.79 Å². The van der Waals surface area contributed by atoms with E-state index in [9.17, 15) is 9.90 Å². The largest absolute Gasteiger partial charge is 0.384 e. The minimum atomic E-state index is -0.911. The van der Waals surface area contributed by atoms with E-state index in [0.717, 1.165) is 25.8 Å². The summed E-state index contributed by atoms with van der Waals surface area (Å²) in [5.74, 6) is -0.148. The van der Waals surface area contributed by atoms with Crippen molar-refractivity contribution in [3.8, 4) is 0 Å². The summed E-state index contributed by atoms with van der Waals surface area (Å²) in [6, 6.07) is 6.39. The Balaban J connectivity index is 2.34. The number of carbonyl (C=O) groups is 1. The van der Waals surface area contributed by atoms with Gasteiger partial charge in [0.2, 0.25) is 0 Å². The lowest BCUT2D eigenvalue weighted by Crippen LogP contribution is -2.43. The SMILES string of the molecule is Cc1cccc(C2CCCCN2C(=O)C(C)O)c1C. The Hall–Kier alpha value is -1.35. The van der Waals surface area contributed by atoms with Crippen molar-refractivity contribution in [2.24, 2.45) is 0 Å². The molecule has 1 amide bonds. The van der Waals surface area contributed by atoms with Gasteiger partial charge in [-0.05, 0) is 56.7 Å². The van der Waals surface area contributed by atoms with Gasteiger partial charge in [0.1, 0.15) is 6.10 Å². The Labute approximate surface area is 115 Å². The van der Waals surface area contributed by atoms with Gasteiger partial charge in [0.25, 0.3) is 5.91 Å². The van der Waals surface area contributed by atoms with Gasteiger partial charge >= 0.3 is 0 Å². The number of piperidine rings is 1. The van der Waals surface area contributed by atoms with Crippen LogP contribution in [0.4, 0.5) is 0 Å². The molecule has 0 aromatic heterocycles. The predicted molar refractivity (Wildman–Crippen MR) is 75.9 cm³/mol. The van der Waals surface area contributed by atoms with Gasteiger partial charge in [0.15, 0.2) is 0 Å². The summed E-state index contributed by atoms with van der Waals surface area (Å²) >= 11 is 0. The van der Waals surface area contributed by atoms with Gasteiger partial charge in [-0.15, -0.1) is 0 Å². The molecule has 0 spiro atoms. The summed E-state index contributed by atoms with van der Waals surface area (Å²) in [6.07, 6.45) is 2.25. The first-order chi connectivity index (χ1) is 9.02. The Morgan fingerprint density at radius 2 is 2.11 bits per heavy atom. The van der Waals surface area contributed by atoms with Crippen LogP contribution in [0.2, 0.25) is 0 Å². The minimum Gasteiger partial charge on any atom is -0.384 e. The van der Waals surface area contributed by atoms with E-state index >= 15 is 0 Å². The quantitative estimate of drug-likeness (QED) is 0.889. The van der Waals surface area contributed by atoms with Crippen LogP contribution in [0.5, 0.6) is 0 Å². The molecule has 0 aliphatic carbocycles. The smallest absolute Gasteiger partial charge is 0.251 e. The molecule has 104 valence electrons. The Morgan fingerprint density at radius 1 is 1.37 bits per heavy atom. The normalized spacial score (nSPS) is 21.3. The molecule has 19 heavy (non-hydrogen) atoms. The molecule has 2 unspecified atom stereocenters. The molecule has 1 N–H and O–H groups in total. The number of aryl methyl sites for hydroxylation is 1. The number of nitrogens with zero attached hydrogens (tertiary/aromatic N) is 1. The number of likely N-dealkylation sites (tertiary alicyclic amines) is 1. The van der Waals surface area contributed by atoms with Crippen LogP contribution in [0.15, 0.2) is 18.2 Å². The van der Waals surface area contributed by atoms with Crippen molar-refractivity contribution in [2.45, 2.75) is 52.2 Å². The second-order valence-electron chi connectivity index (χ2n) is 5.51. The fourth-order valence-electron chi connectivity index (χ4n) is 2.89. The number of benzene rings is 1. The number of aliphatic hydroxyl groups excluding tert-OH is 1. The van der Waals surface area contributed by atoms with Crippen molar-refractivity contribution in [3.63, 3.8) is 0 Å². The molecule has 0 bridgehead atoms. The minimum absolute atomic E-state index is 0.121. The third kappa shape index (κ3) is 2.81. The molecule has 1 fully saturated rings. The van der Waals surface area contributed by atoms with Gasteiger partial charge < -0.3 is 10.0 Å². The summed E-state index contributed by atoms with van der Waals surface area (Å²) in [5, 5.41) is 9.57. The van der Waals surface area contributed by atoms with Crippen molar-refractivity contribution >= 4 is 5.91 Å². The van der Waals surface area contributed by atoms with Crippen LogP contribution >= 0.6 is 0 Å². The average molecular weight is 261 g/mol. The molecule has 1 aliphatic rings. The highest BCUT2D eigenvalue weighted by Crippen LogP contribution is 2.33. The van der Waals surface area contributed by atoms with Gasteiger partial charge in [-0.2, -0.15) is 0 Å². The lowest BCUT2D eigenvalue weighted by Gasteiger charge is -2.37. The van der Waals surface area contributed by atoms with Crippen molar-refractivity contribution < 1.29 is 9.90 Å². The zero-order chi connectivity index (χ0) is 14.0. The van der Waals surface area contributed by atoms with E-state index in [4.69, 9.17) is 0 Å². The Morgan fingerprint density at radius 3 is 2.79 bits per heavy atom. The summed E-state index contributed by atoms with van der Waals surface area (Å²) < 4.78 is 0. The molecule has 2 rings (SSSR count). The monoisotopic (exact) mass is 261 g/mol. The van der Waals surface area contributed by atoms with Gasteiger partial charge in [-0.1, -0.05) is 18.2 Å². The number of carbonyl (C=O) groups excluding carboxylic acids is 1. The summed E-state index contributed by atoms with van der Waals surface area (Å²) in [5.41, 5.74) is 3.75. The molecule has 3 heteroatoms. The fraction of sp³-hybridized carbons (Fsp3) is 0.562. The standard InChI is InChI=1S/C16H23NO2/c1-11-7-6-8-14(12(11)2)15-9-4-5-10-17(15)16(19)13(3)18/h6-8,13,15,18H,4-5,9-10H2,1-3H3. The first-order valence-electron chi connectivity index (χ1n) is 7.07. The zero-order valence-electron chi connectivity index (χ0n) is 12.0. The van der Waals surface area contributed by atoms with E-state index in [1.807, 2.05) is 4.90 Å². The van der Waals surface area contributed by atoms with Crippen molar-refractivity contribution in [1.82, 2.24) is 4.90 Å². The lowest BCUT2D eigenvalue weighted by atomic mass is 9.90. The molecule has 1 aliphatic heterocycles. The maximum absolute atomic E-state index is 12.2. The molecule has 2 atom stereocenters. The highest BCUT2D eigenvalue weighted by Gasteiger charge is 2.30. The number of rotatable bonds is 2. The highest BCUT2D eigenvalue weighted by atomic mass is 16.3. The molecule has 1 saturated heterocycles. The third-order valence-electron chi connectivity index (χ3n) is 4.15. The summed E-state index contributed by atoms with van der Waals surface area (Å²) in [4.78, 5) is 14.0. The Bertz CT molecular complexity index is 468. The van der Waals surface area contributed by atoms with E-state index in [1.54, 1.807) is 6.92 Å². The maximum atomic E-state index is 12.2. The van der Waals surface area contributed by atoms with E-state index in [-0.39, 0.29) is 11.9 Å². The topological polar surface area (TPSA) is 40.5 Å². The molecule has 1 aromatic rings. The molecule has 0 radical (unpaired) electrons. The Kier molecular flexibility index (Phi) is 4.25. The van der Waals surface area contributed by atoms with E-state index in [0.29, 0.717) is 0 Å². The number of hydrogen-bond acceptors (Lipinski definition) is 2. The highest BCUT2D eigenvalue weighted by molar-refractivity contribution is 5.80. The fourth-order valence-corrected chi connectivity index (χ4v) is 2.89. The second kappa shape index (κ2) is 5.74. The van der Waals surface area contributed by atoms with Crippen LogP contribution < -0.4 is 0 Å². The van der Waals surface area contributed by atoms with Gasteiger partial charge in [-0.3, -0.25) is 4.79 Å². The van der Waals surface area contributed by atoms with Crippen molar-refractivity contribution in [1.29, 1.82) is 0 Å². The first kappa shape index (κ1) is 14.1. The lowest BCUT2D eigenvalue weighted by molar-refractivity contribution is -0.143. The number of hydrogen-bond donors (Lipinski definition) is 1. The molecule has 0 saturated carbocycles. The van der Waals surface area contributed by atoms with Crippen molar-refractivity contribution in [3.05, 3.63) is 34.9 Å². The van der Waals surface area contributed by atoms with E-state index in [1.165, 1.54) is 16.7 Å². The molecular weight excluding hydrogens is 238 g/mol. The van der Waals surface area contributed by atoms with Crippen LogP contribution in [0.25, 0.3) is 0 Å². The average Bonchev–Trinajstić information content (AvgIpc) is 2.41. The van der Waals surface area contributed by atoms with Crippen LogP contribution in [0.3, 0.4) is 0 Å². The summed E-state index contributed by atoms with van der Waals surface area (Å²) in [6.45, 7) is 6.52. The second-order valence-corrected chi connectivity index (χ2v) is 5.51. The van der Waals surface area contributed by atoms with Gasteiger partial charge in [-0.25, -0.2) is 0 Å². The van der Waals surface area contributed by atoms with Gasteiger partial charge in [0, 0.05) is 6.54 Å². The zero-order valence-corrected chi connectivity index (χ0v) is 12.0. The molecule has 1 heterocycles. The first-order valence-corrected chi connectivity index (χ1v) is 7.07. The molecular formula is C16H23NO2. The molecule has 1 aromatic carbocycles. The maximum Gasteiger partial charge on any atom is 0.251 e. The summed E-state index contributed by atoms with van der Waals surface area (Å²) in [7, 11) is 0. The van der Waals surface area contributed by atoms with Crippen LogP contribution in [-0.4, -0.2) is 28.6 Å². The third-order valence-corrected chi connectivity index (χ3v) is 4.15. The van der Waals surface area contributed by atoms with Crippen LogP contribution in [0.1, 0.15) is 48.9 Å². The van der Waals surface area contributed by atoms with Crippen LogP contribution in [0, 0.1) is 13.8 Å². The predicted octanol–water partition coefficient (Wildman–Crippen LogP) is 2.74. The van der Waals surface area contributed by atoms with Gasteiger partial charge in [0.05, 0.1) is 6.04 Å². The molecule has 3 nitrogen and oxygen atoms in total. The van der Waals surface area contributed by atoms with Crippen molar-refractivity contribution in [2.75, 3.05) is 6.54 Å². The number of aliphatic hydroxyl groups is 1. The van der Waals surface area contributed by atoms with E-state index < -0.39 is 6.10 Å². The van der Waals surface area contributed by atoms with E-state index in [2.05, 4.69) is 32.0 Å². The number of amides is 1.